The summed E-state index contributed by atoms with van der Waals surface area (Å²) in [6.07, 6.45) is 3.64. The number of nitrogens with zero attached hydrogens (tertiary/aromatic N) is 4. The topological polar surface area (TPSA) is 87.5 Å². The maximum absolute atomic E-state index is 13.5. The molecule has 2 heterocycles. The van der Waals surface area contributed by atoms with Crippen LogP contribution < -0.4 is 5.32 Å². The molecule has 1 aliphatic heterocycles. The van der Waals surface area contributed by atoms with Crippen LogP contribution in [0.5, 0.6) is 0 Å². The Hall–Kier alpha value is -3.94. The molecule has 34 heavy (non-hydrogen) atoms. The van der Waals surface area contributed by atoms with E-state index in [1.54, 1.807) is 15.8 Å². The van der Waals surface area contributed by atoms with Crippen LogP contribution in [0.15, 0.2) is 60.8 Å². The van der Waals surface area contributed by atoms with Crippen LogP contribution in [0.2, 0.25) is 0 Å². The molecular formula is C26H27N5O3. The van der Waals surface area contributed by atoms with Gasteiger partial charge in [-0.3, -0.25) is 14.4 Å². The lowest BCUT2D eigenvalue weighted by Gasteiger charge is -2.34. The van der Waals surface area contributed by atoms with Crippen molar-refractivity contribution >= 4 is 17.7 Å². The molecule has 0 bridgehead atoms. The number of hydrogen-bond donors (Lipinski definition) is 1. The molecule has 1 saturated carbocycles. The summed E-state index contributed by atoms with van der Waals surface area (Å²) in [6, 6.07) is 17.8. The van der Waals surface area contributed by atoms with Gasteiger partial charge in [0, 0.05) is 44.0 Å². The van der Waals surface area contributed by atoms with Gasteiger partial charge in [-0.25, -0.2) is 4.68 Å². The fraction of sp³-hybridized carbons (Fsp3) is 0.308. The maximum Gasteiger partial charge on any atom is 0.312 e. The van der Waals surface area contributed by atoms with Crippen LogP contribution in [0.25, 0.3) is 16.9 Å². The van der Waals surface area contributed by atoms with Gasteiger partial charge in [-0.05, 0) is 31.9 Å². The fourth-order valence-electron chi connectivity index (χ4n) is 4.07. The third kappa shape index (κ3) is 4.57. The number of benzene rings is 2. The first kappa shape index (κ1) is 21.9. The summed E-state index contributed by atoms with van der Waals surface area (Å²) in [5.74, 6) is -1.20. The summed E-state index contributed by atoms with van der Waals surface area (Å²) in [5.41, 5.74) is 4.02. The number of aromatic nitrogens is 2. The van der Waals surface area contributed by atoms with E-state index in [9.17, 15) is 14.4 Å². The highest BCUT2D eigenvalue weighted by Gasteiger charge is 2.32. The fourth-order valence-corrected chi connectivity index (χ4v) is 4.07. The van der Waals surface area contributed by atoms with Crippen LogP contribution in [0.4, 0.5) is 0 Å². The number of hydrogen-bond acceptors (Lipinski definition) is 4. The molecule has 2 aromatic carbocycles. The molecule has 1 saturated heterocycles. The van der Waals surface area contributed by atoms with Gasteiger partial charge in [0.05, 0.1) is 11.3 Å². The van der Waals surface area contributed by atoms with Crippen LogP contribution in [-0.4, -0.2) is 69.5 Å². The van der Waals surface area contributed by atoms with Crippen LogP contribution >= 0.6 is 0 Å². The Labute approximate surface area is 198 Å². The highest BCUT2D eigenvalue weighted by Crippen LogP contribution is 2.25. The summed E-state index contributed by atoms with van der Waals surface area (Å²) in [5, 5.41) is 7.48. The summed E-state index contributed by atoms with van der Waals surface area (Å²) in [6.45, 7) is 3.42. The SMILES string of the molecule is Cc1ccc(-n2cc(C(=O)N3CCN(C(=O)C(=O)NC4CC4)CC3)c(-c3ccccc3)n2)cc1. The van der Waals surface area contributed by atoms with E-state index in [0.29, 0.717) is 37.4 Å². The van der Waals surface area contributed by atoms with Crippen LogP contribution in [0, 0.1) is 6.92 Å². The maximum atomic E-state index is 13.5. The number of piperazine rings is 1. The lowest BCUT2D eigenvalue weighted by atomic mass is 10.1. The molecule has 5 rings (SSSR count). The molecule has 0 unspecified atom stereocenters. The van der Waals surface area contributed by atoms with E-state index >= 15 is 0 Å². The van der Waals surface area contributed by atoms with Gasteiger partial charge in [0.1, 0.15) is 5.69 Å². The Balaban J connectivity index is 1.35. The molecule has 0 radical (unpaired) electrons. The quantitative estimate of drug-likeness (QED) is 0.610. The Morgan fingerprint density at radius 2 is 1.53 bits per heavy atom. The van der Waals surface area contributed by atoms with E-state index in [1.807, 2.05) is 61.5 Å². The van der Waals surface area contributed by atoms with E-state index in [2.05, 4.69) is 5.32 Å². The minimum Gasteiger partial charge on any atom is -0.345 e. The molecule has 2 fully saturated rings. The molecule has 8 heteroatoms. The van der Waals surface area contributed by atoms with Crippen molar-refractivity contribution in [1.29, 1.82) is 0 Å². The highest BCUT2D eigenvalue weighted by molar-refractivity contribution is 6.35. The lowest BCUT2D eigenvalue weighted by Crippen LogP contribution is -2.54. The molecule has 3 amide bonds. The summed E-state index contributed by atoms with van der Waals surface area (Å²) < 4.78 is 1.73. The van der Waals surface area contributed by atoms with Crippen molar-refractivity contribution in [3.63, 3.8) is 0 Å². The van der Waals surface area contributed by atoms with Crippen LogP contribution in [-0.2, 0) is 9.59 Å². The van der Waals surface area contributed by atoms with E-state index in [4.69, 9.17) is 5.10 Å². The van der Waals surface area contributed by atoms with Crippen molar-refractivity contribution < 1.29 is 14.4 Å². The zero-order valence-corrected chi connectivity index (χ0v) is 19.1. The second-order valence-electron chi connectivity index (χ2n) is 8.87. The second-order valence-corrected chi connectivity index (χ2v) is 8.87. The predicted octanol–water partition coefficient (Wildman–Crippen LogP) is 2.41. The predicted molar refractivity (Wildman–Crippen MR) is 127 cm³/mol. The number of rotatable bonds is 4. The van der Waals surface area contributed by atoms with Crippen LogP contribution in [0.1, 0.15) is 28.8 Å². The Kier molecular flexibility index (Phi) is 5.88. The normalized spacial score (nSPS) is 15.8. The van der Waals surface area contributed by atoms with Crippen LogP contribution in [0.3, 0.4) is 0 Å². The lowest BCUT2D eigenvalue weighted by molar-refractivity contribution is -0.146. The van der Waals surface area contributed by atoms with Crippen molar-refractivity contribution in [2.24, 2.45) is 0 Å². The van der Waals surface area contributed by atoms with Gasteiger partial charge in [-0.2, -0.15) is 5.10 Å². The van der Waals surface area contributed by atoms with E-state index in [1.165, 1.54) is 4.90 Å². The van der Waals surface area contributed by atoms with Gasteiger partial charge in [-0.1, -0.05) is 48.0 Å². The number of nitrogens with one attached hydrogen (secondary N) is 1. The van der Waals surface area contributed by atoms with Crippen molar-refractivity contribution in [2.45, 2.75) is 25.8 Å². The first-order chi connectivity index (χ1) is 16.5. The van der Waals surface area contributed by atoms with Gasteiger partial charge >= 0.3 is 11.8 Å². The van der Waals surface area contributed by atoms with E-state index in [-0.39, 0.29) is 11.9 Å². The Bertz CT molecular complexity index is 1210. The first-order valence-corrected chi connectivity index (χ1v) is 11.6. The smallest absolute Gasteiger partial charge is 0.312 e. The molecule has 174 valence electrons. The zero-order valence-electron chi connectivity index (χ0n) is 19.1. The monoisotopic (exact) mass is 457 g/mol. The van der Waals surface area contributed by atoms with Crippen molar-refractivity contribution in [3.05, 3.63) is 71.9 Å². The molecule has 0 spiro atoms. The molecule has 8 nitrogen and oxygen atoms in total. The molecule has 3 aromatic rings. The number of aryl methyl sites for hydroxylation is 1. The first-order valence-electron chi connectivity index (χ1n) is 11.6. The van der Waals surface area contributed by atoms with E-state index in [0.717, 1.165) is 29.7 Å². The summed E-state index contributed by atoms with van der Waals surface area (Å²) in [4.78, 5) is 41.3. The molecule has 0 atom stereocenters. The third-order valence-electron chi connectivity index (χ3n) is 6.25. The number of amides is 3. The summed E-state index contributed by atoms with van der Waals surface area (Å²) >= 11 is 0. The average molecular weight is 458 g/mol. The van der Waals surface area contributed by atoms with E-state index < -0.39 is 11.8 Å². The zero-order chi connectivity index (χ0) is 23.7. The van der Waals surface area contributed by atoms with Crippen molar-refractivity contribution in [2.75, 3.05) is 26.2 Å². The standard InChI is InChI=1S/C26H27N5O3/c1-18-7-11-21(12-8-18)31-17-22(23(28-31)19-5-3-2-4-6-19)25(33)29-13-15-30(16-14-29)26(34)24(32)27-20-9-10-20/h2-8,11-12,17,20H,9-10,13-16H2,1H3,(H,27,32). The van der Waals surface area contributed by atoms with Crippen molar-refractivity contribution in [3.8, 4) is 16.9 Å². The van der Waals surface area contributed by atoms with Gasteiger partial charge in [0.15, 0.2) is 0 Å². The molecule has 1 aromatic heterocycles. The molecule has 1 aliphatic carbocycles. The average Bonchev–Trinajstić information content (AvgIpc) is 3.58. The third-order valence-corrected chi connectivity index (χ3v) is 6.25. The molecule has 2 aliphatic rings. The molecular weight excluding hydrogens is 430 g/mol. The van der Waals surface area contributed by atoms with Gasteiger partial charge in [-0.15, -0.1) is 0 Å². The number of carbonyl (C=O) groups excluding carboxylic acids is 3. The largest absolute Gasteiger partial charge is 0.345 e. The van der Waals surface area contributed by atoms with Gasteiger partial charge < -0.3 is 15.1 Å². The van der Waals surface area contributed by atoms with Gasteiger partial charge in [0.25, 0.3) is 5.91 Å². The second kappa shape index (κ2) is 9.13. The Morgan fingerprint density at radius 3 is 2.18 bits per heavy atom. The number of carbonyl (C=O) groups is 3. The minimum atomic E-state index is -0.548. The highest BCUT2D eigenvalue weighted by atomic mass is 16.2. The van der Waals surface area contributed by atoms with Gasteiger partial charge in [0.2, 0.25) is 0 Å². The summed E-state index contributed by atoms with van der Waals surface area (Å²) in [7, 11) is 0. The Morgan fingerprint density at radius 1 is 0.882 bits per heavy atom. The van der Waals surface area contributed by atoms with Crippen molar-refractivity contribution in [1.82, 2.24) is 24.9 Å². The minimum absolute atomic E-state index is 0.133. The molecule has 1 N–H and O–H groups in total.